The lowest BCUT2D eigenvalue weighted by molar-refractivity contribution is 0.101. The van der Waals surface area contributed by atoms with Crippen molar-refractivity contribution in [3.8, 4) is 11.4 Å². The fourth-order valence-corrected chi connectivity index (χ4v) is 3.23. The number of aromatic nitrogens is 4. The first kappa shape index (κ1) is 19.1. The second-order valence-electron chi connectivity index (χ2n) is 6.02. The van der Waals surface area contributed by atoms with Crippen LogP contribution >= 0.6 is 11.8 Å². The summed E-state index contributed by atoms with van der Waals surface area (Å²) < 4.78 is 7.25. The molecule has 0 aliphatic heterocycles. The summed E-state index contributed by atoms with van der Waals surface area (Å²) in [5, 5.41) is 22.6. The average molecular weight is 384 g/mol. The Morgan fingerprint density at radius 2 is 2.07 bits per heavy atom. The van der Waals surface area contributed by atoms with E-state index in [9.17, 15) is 9.90 Å². The van der Waals surface area contributed by atoms with Crippen LogP contribution < -0.4 is 4.74 Å². The van der Waals surface area contributed by atoms with Crippen LogP contribution in [0.25, 0.3) is 5.69 Å². The first-order valence-electron chi connectivity index (χ1n) is 8.43. The number of rotatable bonds is 8. The third-order valence-corrected chi connectivity index (χ3v) is 4.94. The van der Waals surface area contributed by atoms with Gasteiger partial charge in [-0.25, -0.2) is 0 Å². The van der Waals surface area contributed by atoms with Crippen molar-refractivity contribution in [3.05, 3.63) is 59.7 Å². The van der Waals surface area contributed by atoms with E-state index in [2.05, 4.69) is 15.5 Å². The summed E-state index contributed by atoms with van der Waals surface area (Å²) in [7, 11) is 0. The number of Topliss-reactive ketones (excluding diaryl/α,β-unsaturated/α-hetero) is 1. The number of hydrogen-bond donors (Lipinski definition) is 1. The van der Waals surface area contributed by atoms with Crippen LogP contribution in [0.5, 0.6) is 5.75 Å². The highest BCUT2D eigenvalue weighted by Crippen LogP contribution is 2.21. The van der Waals surface area contributed by atoms with Crippen molar-refractivity contribution in [2.75, 3.05) is 12.4 Å². The van der Waals surface area contributed by atoms with Crippen molar-refractivity contribution in [1.82, 2.24) is 20.2 Å². The highest BCUT2D eigenvalue weighted by molar-refractivity contribution is 7.99. The van der Waals surface area contributed by atoms with Crippen LogP contribution in [-0.4, -0.2) is 49.6 Å². The minimum atomic E-state index is -0.710. The number of carbonyl (C=O) groups is 1. The molecule has 3 rings (SSSR count). The van der Waals surface area contributed by atoms with Gasteiger partial charge in [-0.05, 0) is 48.0 Å². The molecule has 0 unspecified atom stereocenters. The predicted octanol–water partition coefficient (Wildman–Crippen LogP) is 2.71. The van der Waals surface area contributed by atoms with Crippen LogP contribution in [0.2, 0.25) is 0 Å². The Hall–Kier alpha value is -2.71. The van der Waals surface area contributed by atoms with Crippen LogP contribution in [0.4, 0.5) is 0 Å². The van der Waals surface area contributed by atoms with Crippen LogP contribution in [0, 0.1) is 6.92 Å². The predicted molar refractivity (Wildman–Crippen MR) is 103 cm³/mol. The maximum atomic E-state index is 11.4. The Balaban J connectivity index is 1.57. The number of aryl methyl sites for hydroxylation is 1. The molecular formula is C19H20N4O3S. The van der Waals surface area contributed by atoms with Crippen molar-refractivity contribution in [1.29, 1.82) is 0 Å². The Morgan fingerprint density at radius 1 is 1.26 bits per heavy atom. The van der Waals surface area contributed by atoms with Crippen molar-refractivity contribution >= 4 is 17.5 Å². The Morgan fingerprint density at radius 3 is 2.85 bits per heavy atom. The van der Waals surface area contributed by atoms with E-state index >= 15 is 0 Å². The van der Waals surface area contributed by atoms with Gasteiger partial charge in [0.2, 0.25) is 5.16 Å². The molecule has 27 heavy (non-hydrogen) atoms. The Labute approximate surface area is 161 Å². The van der Waals surface area contributed by atoms with Crippen molar-refractivity contribution in [2.24, 2.45) is 0 Å². The molecule has 1 heterocycles. The molecule has 0 saturated heterocycles. The van der Waals surface area contributed by atoms with Crippen LogP contribution in [0.1, 0.15) is 22.8 Å². The summed E-state index contributed by atoms with van der Waals surface area (Å²) in [6.07, 6.45) is -0.710. The van der Waals surface area contributed by atoms with Gasteiger partial charge in [0.15, 0.2) is 5.78 Å². The molecule has 2 aromatic carbocycles. The zero-order valence-corrected chi connectivity index (χ0v) is 15.9. The highest BCUT2D eigenvalue weighted by atomic mass is 32.2. The topological polar surface area (TPSA) is 90.1 Å². The van der Waals surface area contributed by atoms with Gasteiger partial charge in [0.25, 0.3) is 0 Å². The molecule has 0 saturated carbocycles. The maximum absolute atomic E-state index is 11.4. The summed E-state index contributed by atoms with van der Waals surface area (Å²) in [6.45, 7) is 3.60. The summed E-state index contributed by atoms with van der Waals surface area (Å²) in [5.74, 6) is 0.898. The zero-order valence-electron chi connectivity index (χ0n) is 15.1. The summed E-state index contributed by atoms with van der Waals surface area (Å²) in [4.78, 5) is 11.4. The van der Waals surface area contributed by atoms with Crippen molar-refractivity contribution in [3.63, 3.8) is 0 Å². The SMILES string of the molecule is CC(=O)c1cccc(OC[C@H](O)CSc2nnnn2-c2ccccc2C)c1. The summed E-state index contributed by atoms with van der Waals surface area (Å²) in [5.41, 5.74) is 2.53. The molecule has 1 N–H and O–H groups in total. The number of benzene rings is 2. The minimum absolute atomic E-state index is 0.0282. The number of ether oxygens (including phenoxy) is 1. The van der Waals surface area contributed by atoms with Gasteiger partial charge in [-0.2, -0.15) is 4.68 Å². The fraction of sp³-hybridized carbons (Fsp3) is 0.263. The molecular weight excluding hydrogens is 364 g/mol. The minimum Gasteiger partial charge on any atom is -0.491 e. The van der Waals surface area contributed by atoms with Gasteiger partial charge in [0, 0.05) is 11.3 Å². The van der Waals surface area contributed by atoms with Gasteiger partial charge in [0.1, 0.15) is 12.4 Å². The smallest absolute Gasteiger partial charge is 0.214 e. The van der Waals surface area contributed by atoms with E-state index in [4.69, 9.17) is 4.74 Å². The van der Waals surface area contributed by atoms with E-state index in [0.717, 1.165) is 11.3 Å². The highest BCUT2D eigenvalue weighted by Gasteiger charge is 2.14. The average Bonchev–Trinajstić information content (AvgIpc) is 3.13. The molecule has 8 heteroatoms. The molecule has 0 aliphatic carbocycles. The third kappa shape index (κ3) is 4.93. The first-order valence-corrected chi connectivity index (χ1v) is 9.42. The van der Waals surface area contributed by atoms with Gasteiger partial charge in [-0.1, -0.05) is 42.1 Å². The number of hydrogen-bond acceptors (Lipinski definition) is 7. The van der Waals surface area contributed by atoms with Gasteiger partial charge >= 0.3 is 0 Å². The molecule has 0 spiro atoms. The Bertz CT molecular complexity index is 929. The van der Waals surface area contributed by atoms with Crippen molar-refractivity contribution < 1.29 is 14.6 Å². The lowest BCUT2D eigenvalue weighted by Crippen LogP contribution is -2.20. The van der Waals surface area contributed by atoms with E-state index in [1.807, 2.05) is 31.2 Å². The molecule has 0 bridgehead atoms. The van der Waals surface area contributed by atoms with Gasteiger partial charge in [0.05, 0.1) is 11.8 Å². The lowest BCUT2D eigenvalue weighted by Gasteiger charge is -2.12. The van der Waals surface area contributed by atoms with Crippen LogP contribution in [0.3, 0.4) is 0 Å². The van der Waals surface area contributed by atoms with E-state index in [1.54, 1.807) is 28.9 Å². The molecule has 1 atom stereocenters. The van der Waals surface area contributed by atoms with Gasteiger partial charge in [-0.15, -0.1) is 5.10 Å². The molecule has 0 fully saturated rings. The number of para-hydroxylation sites is 1. The molecule has 7 nitrogen and oxygen atoms in total. The third-order valence-electron chi connectivity index (χ3n) is 3.87. The van der Waals surface area contributed by atoms with Crippen molar-refractivity contribution in [2.45, 2.75) is 25.1 Å². The zero-order chi connectivity index (χ0) is 19.2. The first-order chi connectivity index (χ1) is 13.0. The second-order valence-corrected chi connectivity index (χ2v) is 7.01. The van der Waals surface area contributed by atoms with Crippen LogP contribution in [-0.2, 0) is 0 Å². The largest absolute Gasteiger partial charge is 0.491 e. The molecule has 3 aromatic rings. The number of thioether (sulfide) groups is 1. The van der Waals surface area contributed by atoms with E-state index in [-0.39, 0.29) is 12.4 Å². The standard InChI is InChI=1S/C19H20N4O3S/c1-13-6-3-4-9-18(13)23-19(20-21-22-23)27-12-16(25)11-26-17-8-5-7-15(10-17)14(2)24/h3-10,16,25H,11-12H2,1-2H3/t16-/m0/s1. The van der Waals surface area contributed by atoms with E-state index < -0.39 is 6.10 Å². The van der Waals surface area contributed by atoms with Crippen LogP contribution in [0.15, 0.2) is 53.7 Å². The normalized spacial score (nSPS) is 12.0. The molecule has 1 aromatic heterocycles. The number of tetrazole rings is 1. The maximum Gasteiger partial charge on any atom is 0.214 e. The molecule has 140 valence electrons. The van der Waals surface area contributed by atoms with Gasteiger partial charge in [-0.3, -0.25) is 4.79 Å². The number of carbonyl (C=O) groups excluding carboxylic acids is 1. The number of nitrogens with zero attached hydrogens (tertiary/aromatic N) is 4. The number of aliphatic hydroxyl groups is 1. The lowest BCUT2D eigenvalue weighted by atomic mass is 10.1. The summed E-state index contributed by atoms with van der Waals surface area (Å²) in [6, 6.07) is 14.7. The Kier molecular flexibility index (Phi) is 6.20. The second kappa shape index (κ2) is 8.79. The molecule has 0 aliphatic rings. The van der Waals surface area contributed by atoms with E-state index in [1.165, 1.54) is 18.7 Å². The molecule has 0 radical (unpaired) electrons. The number of aliphatic hydroxyl groups excluding tert-OH is 1. The monoisotopic (exact) mass is 384 g/mol. The quantitative estimate of drug-likeness (QED) is 0.472. The summed E-state index contributed by atoms with van der Waals surface area (Å²) >= 11 is 1.35. The molecule has 0 amide bonds. The van der Waals surface area contributed by atoms with E-state index in [0.29, 0.717) is 22.2 Å². The number of ketones is 1. The van der Waals surface area contributed by atoms with Gasteiger partial charge < -0.3 is 9.84 Å². The fourth-order valence-electron chi connectivity index (χ4n) is 2.44.